The fourth-order valence-electron chi connectivity index (χ4n) is 3.29. The fourth-order valence-corrected chi connectivity index (χ4v) is 4.36. The van der Waals surface area contributed by atoms with E-state index >= 15 is 0 Å². The van der Waals surface area contributed by atoms with E-state index in [9.17, 15) is 13.2 Å². The van der Waals surface area contributed by atoms with Crippen molar-refractivity contribution >= 4 is 33.8 Å². The molecule has 0 aliphatic rings. The molecule has 3 aromatic rings. The third-order valence-electron chi connectivity index (χ3n) is 5.36. The Bertz CT molecular complexity index is 1060. The van der Waals surface area contributed by atoms with E-state index in [1.807, 2.05) is 42.6 Å². The van der Waals surface area contributed by atoms with E-state index in [0.717, 1.165) is 29.9 Å². The SMILES string of the molecule is C[N+](C)(CCO)CCOCCN(c1ccc(C(F)(F)F)cc1)c1nc(-c2cccc(Cl)c2)cs1. The van der Waals surface area contributed by atoms with Crippen molar-refractivity contribution in [3.8, 4) is 11.3 Å². The Balaban J connectivity index is 1.76. The monoisotopic (exact) mass is 514 g/mol. The van der Waals surface area contributed by atoms with Gasteiger partial charge in [-0.2, -0.15) is 13.2 Å². The summed E-state index contributed by atoms with van der Waals surface area (Å²) in [6.45, 7) is 2.75. The summed E-state index contributed by atoms with van der Waals surface area (Å²) in [5.41, 5.74) is 1.50. The predicted molar refractivity (Wildman–Crippen MR) is 131 cm³/mol. The van der Waals surface area contributed by atoms with Gasteiger partial charge in [0.25, 0.3) is 0 Å². The molecule has 3 rings (SSSR count). The second kappa shape index (κ2) is 11.5. The summed E-state index contributed by atoms with van der Waals surface area (Å²) < 4.78 is 45.6. The smallest absolute Gasteiger partial charge is 0.391 e. The predicted octanol–water partition coefficient (Wildman–Crippen LogP) is 5.71. The minimum absolute atomic E-state index is 0.105. The second-order valence-electron chi connectivity index (χ2n) is 8.44. The number of aromatic nitrogens is 1. The number of aliphatic hydroxyl groups excluding tert-OH is 1. The number of alkyl halides is 3. The first-order valence-electron chi connectivity index (χ1n) is 10.8. The summed E-state index contributed by atoms with van der Waals surface area (Å²) in [4.78, 5) is 6.56. The number of nitrogens with zero attached hydrogens (tertiary/aromatic N) is 3. The standard InChI is InChI=1S/C24H28ClF3N3O2S/c1-31(2,11-13-32)12-15-33-14-10-30(21-8-6-19(7-9-21)24(26,27)28)23-29-22(17-34-23)18-4-3-5-20(25)16-18/h3-9,16-17,32H,10-15H2,1-2H3/q+1. The van der Waals surface area contributed by atoms with Crippen LogP contribution in [0.25, 0.3) is 11.3 Å². The normalized spacial score (nSPS) is 12.2. The molecule has 0 aliphatic heterocycles. The van der Waals surface area contributed by atoms with Crippen LogP contribution in [-0.2, 0) is 10.9 Å². The molecule has 0 spiro atoms. The van der Waals surface area contributed by atoms with Gasteiger partial charge in [-0.25, -0.2) is 4.98 Å². The Hall–Kier alpha value is -2.17. The molecule has 2 aromatic carbocycles. The largest absolute Gasteiger partial charge is 0.416 e. The average molecular weight is 515 g/mol. The van der Waals surface area contributed by atoms with Crippen molar-refractivity contribution in [2.45, 2.75) is 6.18 Å². The van der Waals surface area contributed by atoms with Crippen molar-refractivity contribution in [1.82, 2.24) is 4.98 Å². The van der Waals surface area contributed by atoms with Crippen LogP contribution in [0.15, 0.2) is 53.9 Å². The van der Waals surface area contributed by atoms with Gasteiger partial charge in [0.2, 0.25) is 0 Å². The van der Waals surface area contributed by atoms with Crippen molar-refractivity contribution in [3.63, 3.8) is 0 Å². The van der Waals surface area contributed by atoms with Gasteiger partial charge in [-0.15, -0.1) is 11.3 Å². The number of benzene rings is 2. The first kappa shape index (κ1) is 26.4. The maximum atomic E-state index is 13.0. The summed E-state index contributed by atoms with van der Waals surface area (Å²) in [7, 11) is 4.03. The summed E-state index contributed by atoms with van der Waals surface area (Å²) >= 11 is 7.50. The highest BCUT2D eigenvalue weighted by molar-refractivity contribution is 7.14. The van der Waals surface area contributed by atoms with E-state index in [1.54, 1.807) is 6.07 Å². The lowest BCUT2D eigenvalue weighted by Crippen LogP contribution is -2.44. The van der Waals surface area contributed by atoms with Gasteiger partial charge in [0.05, 0.1) is 45.2 Å². The third-order valence-corrected chi connectivity index (χ3v) is 6.45. The lowest BCUT2D eigenvalue weighted by atomic mass is 10.2. The third kappa shape index (κ3) is 7.41. The van der Waals surface area contributed by atoms with Crippen LogP contribution in [0, 0.1) is 0 Å². The number of aliphatic hydroxyl groups is 1. The highest BCUT2D eigenvalue weighted by atomic mass is 35.5. The zero-order valence-corrected chi connectivity index (χ0v) is 20.6. The van der Waals surface area contributed by atoms with Crippen LogP contribution < -0.4 is 4.90 Å². The number of quaternary nitrogens is 1. The van der Waals surface area contributed by atoms with Crippen LogP contribution >= 0.6 is 22.9 Å². The van der Waals surface area contributed by atoms with Crippen molar-refractivity contribution in [1.29, 1.82) is 0 Å². The number of hydrogen-bond donors (Lipinski definition) is 1. The van der Waals surface area contributed by atoms with Crippen LogP contribution in [0.3, 0.4) is 0 Å². The van der Waals surface area contributed by atoms with Crippen molar-refractivity contribution in [2.24, 2.45) is 0 Å². The van der Waals surface area contributed by atoms with Gasteiger partial charge in [0, 0.05) is 28.2 Å². The molecule has 0 amide bonds. The molecule has 0 fully saturated rings. The van der Waals surface area contributed by atoms with Crippen molar-refractivity contribution < 1.29 is 27.5 Å². The van der Waals surface area contributed by atoms with E-state index in [4.69, 9.17) is 26.4 Å². The van der Waals surface area contributed by atoms with Gasteiger partial charge in [0.15, 0.2) is 5.13 Å². The molecule has 5 nitrogen and oxygen atoms in total. The molecular formula is C24H28ClF3N3O2S+. The van der Waals surface area contributed by atoms with E-state index < -0.39 is 11.7 Å². The Morgan fingerprint density at radius 1 is 1.09 bits per heavy atom. The van der Waals surface area contributed by atoms with Crippen LogP contribution in [0.4, 0.5) is 24.0 Å². The number of halogens is 4. The van der Waals surface area contributed by atoms with Gasteiger partial charge >= 0.3 is 6.18 Å². The summed E-state index contributed by atoms with van der Waals surface area (Å²) in [5.74, 6) is 0. The molecule has 1 heterocycles. The number of anilines is 2. The molecule has 34 heavy (non-hydrogen) atoms. The Labute approximate surface area is 206 Å². The van der Waals surface area contributed by atoms with E-state index in [1.165, 1.54) is 23.5 Å². The van der Waals surface area contributed by atoms with Crippen LogP contribution in [0.5, 0.6) is 0 Å². The summed E-state index contributed by atoms with van der Waals surface area (Å²) in [5, 5.41) is 12.3. The molecule has 0 radical (unpaired) electrons. The quantitative estimate of drug-likeness (QED) is 0.263. The molecule has 0 bridgehead atoms. The van der Waals surface area contributed by atoms with Crippen molar-refractivity contribution in [2.75, 3.05) is 58.5 Å². The number of likely N-dealkylation sites (N-methyl/N-ethyl adjacent to an activating group) is 1. The molecule has 0 atom stereocenters. The van der Waals surface area contributed by atoms with E-state index in [2.05, 4.69) is 0 Å². The topological polar surface area (TPSA) is 45.6 Å². The number of ether oxygens (including phenoxy) is 1. The van der Waals surface area contributed by atoms with Crippen LogP contribution in [0.1, 0.15) is 5.56 Å². The molecule has 10 heteroatoms. The molecule has 0 saturated heterocycles. The zero-order chi connectivity index (χ0) is 24.8. The number of thiazole rings is 1. The lowest BCUT2D eigenvalue weighted by molar-refractivity contribution is -0.891. The highest BCUT2D eigenvalue weighted by Gasteiger charge is 2.30. The van der Waals surface area contributed by atoms with Gasteiger partial charge in [0.1, 0.15) is 13.1 Å². The minimum atomic E-state index is -4.40. The van der Waals surface area contributed by atoms with E-state index in [-0.39, 0.29) is 6.61 Å². The maximum absolute atomic E-state index is 13.0. The number of rotatable bonds is 11. The van der Waals surface area contributed by atoms with E-state index in [0.29, 0.717) is 46.6 Å². The van der Waals surface area contributed by atoms with Gasteiger partial charge in [-0.05, 0) is 36.4 Å². The average Bonchev–Trinajstić information content (AvgIpc) is 3.25. The van der Waals surface area contributed by atoms with Crippen molar-refractivity contribution in [3.05, 3.63) is 64.5 Å². The Morgan fingerprint density at radius 3 is 2.47 bits per heavy atom. The van der Waals surface area contributed by atoms with Gasteiger partial charge < -0.3 is 19.2 Å². The van der Waals surface area contributed by atoms with Gasteiger partial charge in [-0.3, -0.25) is 0 Å². The Kier molecular flexibility index (Phi) is 8.95. The molecule has 0 saturated carbocycles. The Morgan fingerprint density at radius 2 is 1.82 bits per heavy atom. The summed E-state index contributed by atoms with van der Waals surface area (Å²) in [6.07, 6.45) is -4.40. The zero-order valence-electron chi connectivity index (χ0n) is 19.1. The first-order chi connectivity index (χ1) is 16.1. The lowest BCUT2D eigenvalue weighted by Gasteiger charge is -2.29. The molecule has 1 aromatic heterocycles. The van der Waals surface area contributed by atoms with Gasteiger partial charge in [-0.1, -0.05) is 23.7 Å². The maximum Gasteiger partial charge on any atom is 0.416 e. The number of hydrogen-bond acceptors (Lipinski definition) is 5. The minimum Gasteiger partial charge on any atom is -0.391 e. The molecule has 0 aliphatic carbocycles. The molecular weight excluding hydrogens is 487 g/mol. The molecule has 0 unspecified atom stereocenters. The highest BCUT2D eigenvalue weighted by Crippen LogP contribution is 2.35. The first-order valence-corrected chi connectivity index (χ1v) is 12.0. The van der Waals surface area contributed by atoms with Crippen LogP contribution in [-0.4, -0.2) is 68.1 Å². The molecule has 184 valence electrons. The summed E-state index contributed by atoms with van der Waals surface area (Å²) in [6, 6.07) is 12.4. The fraction of sp³-hybridized carbons (Fsp3) is 0.375. The second-order valence-corrected chi connectivity index (χ2v) is 9.71. The van der Waals surface area contributed by atoms with Crippen LogP contribution in [0.2, 0.25) is 5.02 Å². The molecule has 1 N–H and O–H groups in total.